The molecule has 6 nitrogen and oxygen atoms in total. The zero-order valence-corrected chi connectivity index (χ0v) is 9.51. The van der Waals surface area contributed by atoms with Gasteiger partial charge in [-0.25, -0.2) is 4.98 Å². The number of hydrogen-bond donors (Lipinski definition) is 1. The highest BCUT2D eigenvalue weighted by Crippen LogP contribution is 2.32. The van der Waals surface area contributed by atoms with E-state index < -0.39 is 4.92 Å². The summed E-state index contributed by atoms with van der Waals surface area (Å²) in [7, 11) is 0. The summed E-state index contributed by atoms with van der Waals surface area (Å²) in [4.78, 5) is 17.5. The highest BCUT2D eigenvalue weighted by atomic mass is 16.6. The Kier molecular flexibility index (Phi) is 2.16. The van der Waals surface area contributed by atoms with E-state index in [0.717, 1.165) is 22.2 Å². The summed E-state index contributed by atoms with van der Waals surface area (Å²) in [6.45, 7) is 1.83. The van der Waals surface area contributed by atoms with Gasteiger partial charge in [0.15, 0.2) is 12.2 Å². The number of hydrogen-bond acceptors (Lipinski definition) is 4. The van der Waals surface area contributed by atoms with Gasteiger partial charge in [-0.3, -0.25) is 10.1 Å². The lowest BCUT2D eigenvalue weighted by Gasteiger charge is -1.96. The average Bonchev–Trinajstić information content (AvgIpc) is 2.93. The number of fused-ring (bicyclic) bond motifs is 1. The molecule has 0 fully saturated rings. The third-order valence-electron chi connectivity index (χ3n) is 2.87. The monoisotopic (exact) mass is 243 g/mol. The minimum Gasteiger partial charge on any atom is -0.443 e. The number of aromatic amines is 1. The molecule has 3 aromatic rings. The molecule has 6 heteroatoms. The minimum absolute atomic E-state index is 0.0560. The average molecular weight is 243 g/mol. The number of aryl methyl sites for hydroxylation is 1. The Morgan fingerprint density at radius 2 is 2.28 bits per heavy atom. The lowest BCUT2D eigenvalue weighted by atomic mass is 10.1. The van der Waals surface area contributed by atoms with Crippen molar-refractivity contribution < 1.29 is 9.34 Å². The van der Waals surface area contributed by atoms with Crippen molar-refractivity contribution in [2.75, 3.05) is 0 Å². The smallest absolute Gasteiger partial charge is 0.270 e. The molecule has 0 aliphatic heterocycles. The predicted molar refractivity (Wildman–Crippen MR) is 65.2 cm³/mol. The largest absolute Gasteiger partial charge is 0.443 e. The number of non-ortho nitro benzene ring substituents is 1. The molecular formula is C12H9N3O3. The van der Waals surface area contributed by atoms with Crippen molar-refractivity contribution in [3.63, 3.8) is 0 Å². The van der Waals surface area contributed by atoms with Crippen molar-refractivity contribution >= 4 is 16.6 Å². The SMILES string of the molecule is Cc1ncoc1-c1c[nH]c2ccc([N+](=O)[O-])cc12. The Morgan fingerprint density at radius 1 is 1.44 bits per heavy atom. The van der Waals surface area contributed by atoms with E-state index in [1.807, 2.05) is 6.92 Å². The highest BCUT2D eigenvalue weighted by molar-refractivity contribution is 5.95. The molecular weight excluding hydrogens is 234 g/mol. The summed E-state index contributed by atoms with van der Waals surface area (Å²) < 4.78 is 5.32. The van der Waals surface area contributed by atoms with Crippen LogP contribution in [0.3, 0.4) is 0 Å². The van der Waals surface area contributed by atoms with Gasteiger partial charge in [-0.05, 0) is 13.0 Å². The third kappa shape index (κ3) is 1.46. The summed E-state index contributed by atoms with van der Waals surface area (Å²) in [6, 6.07) is 4.68. The summed E-state index contributed by atoms with van der Waals surface area (Å²) in [5.41, 5.74) is 2.41. The maximum Gasteiger partial charge on any atom is 0.270 e. The molecule has 0 aliphatic rings. The van der Waals surface area contributed by atoms with Gasteiger partial charge in [0.05, 0.1) is 10.6 Å². The second-order valence-corrected chi connectivity index (χ2v) is 3.96. The maximum atomic E-state index is 10.8. The molecule has 2 aromatic heterocycles. The minimum atomic E-state index is -0.413. The van der Waals surface area contributed by atoms with E-state index in [2.05, 4.69) is 9.97 Å². The fraction of sp³-hybridized carbons (Fsp3) is 0.0833. The van der Waals surface area contributed by atoms with Crippen LogP contribution in [0.4, 0.5) is 5.69 Å². The van der Waals surface area contributed by atoms with Gasteiger partial charge in [0.2, 0.25) is 0 Å². The van der Waals surface area contributed by atoms with E-state index in [4.69, 9.17) is 4.42 Å². The van der Waals surface area contributed by atoms with Crippen LogP contribution < -0.4 is 0 Å². The standard InChI is InChI=1S/C12H9N3O3/c1-7-12(18-6-14-7)10-5-13-11-3-2-8(15(16)17)4-9(10)11/h2-6,13H,1H3. The van der Waals surface area contributed by atoms with Gasteiger partial charge in [0.25, 0.3) is 5.69 Å². The molecule has 2 heterocycles. The van der Waals surface area contributed by atoms with Crippen LogP contribution in [0.1, 0.15) is 5.69 Å². The molecule has 18 heavy (non-hydrogen) atoms. The lowest BCUT2D eigenvalue weighted by Crippen LogP contribution is -1.87. The van der Waals surface area contributed by atoms with E-state index in [9.17, 15) is 10.1 Å². The van der Waals surface area contributed by atoms with E-state index in [0.29, 0.717) is 5.76 Å². The molecule has 90 valence electrons. The molecule has 0 spiro atoms. The molecule has 0 unspecified atom stereocenters. The Morgan fingerprint density at radius 3 is 2.94 bits per heavy atom. The first-order valence-corrected chi connectivity index (χ1v) is 5.33. The molecule has 0 saturated heterocycles. The van der Waals surface area contributed by atoms with E-state index in [1.165, 1.54) is 18.5 Å². The molecule has 0 radical (unpaired) electrons. The number of nitro groups is 1. The first kappa shape index (κ1) is 10.5. The fourth-order valence-corrected chi connectivity index (χ4v) is 1.97. The van der Waals surface area contributed by atoms with Crippen LogP contribution >= 0.6 is 0 Å². The topological polar surface area (TPSA) is 85.0 Å². The summed E-state index contributed by atoms with van der Waals surface area (Å²) in [5.74, 6) is 0.627. The molecule has 0 aliphatic carbocycles. The number of H-pyrrole nitrogens is 1. The van der Waals surface area contributed by atoms with Gasteiger partial charge in [0, 0.05) is 34.8 Å². The van der Waals surface area contributed by atoms with Crippen LogP contribution in [0.2, 0.25) is 0 Å². The van der Waals surface area contributed by atoms with Crippen LogP contribution in [0.25, 0.3) is 22.2 Å². The molecule has 0 atom stereocenters. The second kappa shape index (κ2) is 3.69. The van der Waals surface area contributed by atoms with Crippen LogP contribution in [0.5, 0.6) is 0 Å². The van der Waals surface area contributed by atoms with Crippen LogP contribution in [-0.4, -0.2) is 14.9 Å². The Hall–Kier alpha value is -2.63. The van der Waals surface area contributed by atoms with E-state index in [-0.39, 0.29) is 5.69 Å². The fourth-order valence-electron chi connectivity index (χ4n) is 1.97. The number of oxazole rings is 1. The highest BCUT2D eigenvalue weighted by Gasteiger charge is 2.15. The number of nitro benzene ring substituents is 1. The first-order valence-electron chi connectivity index (χ1n) is 5.33. The van der Waals surface area contributed by atoms with Gasteiger partial charge in [-0.2, -0.15) is 0 Å². The predicted octanol–water partition coefficient (Wildman–Crippen LogP) is 3.04. The van der Waals surface area contributed by atoms with Crippen molar-refractivity contribution in [2.24, 2.45) is 0 Å². The zero-order valence-electron chi connectivity index (χ0n) is 9.51. The quantitative estimate of drug-likeness (QED) is 0.553. The molecule has 0 amide bonds. The molecule has 1 aromatic carbocycles. The van der Waals surface area contributed by atoms with Crippen molar-refractivity contribution in [3.05, 3.63) is 46.6 Å². The van der Waals surface area contributed by atoms with Gasteiger partial charge >= 0.3 is 0 Å². The normalized spacial score (nSPS) is 10.9. The zero-order chi connectivity index (χ0) is 12.7. The summed E-state index contributed by atoms with van der Waals surface area (Å²) >= 11 is 0. The van der Waals surface area contributed by atoms with Gasteiger partial charge in [0.1, 0.15) is 0 Å². The molecule has 3 rings (SSSR count). The van der Waals surface area contributed by atoms with Crippen LogP contribution in [-0.2, 0) is 0 Å². The molecule has 0 bridgehead atoms. The molecule has 0 saturated carbocycles. The number of nitrogens with zero attached hydrogens (tertiary/aromatic N) is 2. The van der Waals surface area contributed by atoms with Gasteiger partial charge < -0.3 is 9.40 Å². The number of benzene rings is 1. The number of aromatic nitrogens is 2. The third-order valence-corrected chi connectivity index (χ3v) is 2.87. The summed E-state index contributed by atoms with van der Waals surface area (Å²) in [6.07, 6.45) is 3.13. The van der Waals surface area contributed by atoms with Crippen molar-refractivity contribution in [1.82, 2.24) is 9.97 Å². The van der Waals surface area contributed by atoms with Crippen LogP contribution in [0.15, 0.2) is 35.2 Å². The second-order valence-electron chi connectivity index (χ2n) is 3.96. The Balaban J connectivity index is 2.27. The van der Waals surface area contributed by atoms with Gasteiger partial charge in [-0.1, -0.05) is 0 Å². The maximum absolute atomic E-state index is 10.8. The molecule has 1 N–H and O–H groups in total. The van der Waals surface area contributed by atoms with E-state index in [1.54, 1.807) is 12.3 Å². The van der Waals surface area contributed by atoms with Gasteiger partial charge in [-0.15, -0.1) is 0 Å². The number of rotatable bonds is 2. The van der Waals surface area contributed by atoms with Crippen molar-refractivity contribution in [2.45, 2.75) is 6.92 Å². The van der Waals surface area contributed by atoms with Crippen molar-refractivity contribution in [3.8, 4) is 11.3 Å². The van der Waals surface area contributed by atoms with Crippen molar-refractivity contribution in [1.29, 1.82) is 0 Å². The van der Waals surface area contributed by atoms with Crippen LogP contribution in [0, 0.1) is 17.0 Å². The summed E-state index contributed by atoms with van der Waals surface area (Å²) in [5, 5.41) is 11.5. The number of nitrogens with one attached hydrogen (secondary N) is 1. The van der Waals surface area contributed by atoms with E-state index >= 15 is 0 Å². The Labute approximate surface area is 101 Å². The lowest BCUT2D eigenvalue weighted by molar-refractivity contribution is -0.384. The Bertz CT molecular complexity index is 742. The first-order chi connectivity index (χ1) is 8.66.